The molecule has 1 amide bonds. The van der Waals surface area contributed by atoms with Gasteiger partial charge < -0.3 is 25.1 Å². The minimum Gasteiger partial charge on any atom is -0.464 e. The number of hydrogen-bond acceptors (Lipinski definition) is 7. The van der Waals surface area contributed by atoms with Crippen molar-refractivity contribution in [2.24, 2.45) is 5.41 Å². The zero-order valence-corrected chi connectivity index (χ0v) is 15.6. The minimum absolute atomic E-state index is 0.0811. The molecule has 10 nitrogen and oxygen atoms in total. The lowest BCUT2D eigenvalue weighted by Gasteiger charge is -2.22. The van der Waals surface area contributed by atoms with Crippen molar-refractivity contribution in [2.45, 2.75) is 59.8 Å². The summed E-state index contributed by atoms with van der Waals surface area (Å²) in [5.41, 5.74) is 7.53. The van der Waals surface area contributed by atoms with Gasteiger partial charge in [0.1, 0.15) is 6.04 Å². The van der Waals surface area contributed by atoms with E-state index in [1.54, 1.807) is 27.7 Å². The van der Waals surface area contributed by atoms with Crippen LogP contribution in [-0.2, 0) is 28.6 Å². The predicted octanol–water partition coefficient (Wildman–Crippen LogP) is 1.23. The Morgan fingerprint density at radius 2 is 1.81 bits per heavy atom. The molecule has 0 saturated heterocycles. The van der Waals surface area contributed by atoms with Crippen LogP contribution in [0.2, 0.25) is 0 Å². The Balaban J connectivity index is 4.74. The smallest absolute Gasteiger partial charge is 0.410 e. The third-order valence-electron chi connectivity index (χ3n) is 2.90. The number of nitrogens with zero attached hydrogens (tertiary/aromatic N) is 2. The Morgan fingerprint density at radius 1 is 1.19 bits per heavy atom. The SMILES string of the molecule is CCOC(=O)C(CCC(=O)C=[N+]=[N-])NC(=O)OC(C)OC(=O)C(C)(C)C. The molecule has 2 unspecified atom stereocenters. The first-order valence-corrected chi connectivity index (χ1v) is 8.06. The van der Waals surface area contributed by atoms with Crippen LogP contribution in [0.5, 0.6) is 0 Å². The number of amides is 1. The van der Waals surface area contributed by atoms with Crippen molar-refractivity contribution in [2.75, 3.05) is 6.61 Å². The highest BCUT2D eigenvalue weighted by Gasteiger charge is 2.28. The number of ether oxygens (including phenoxy) is 3. The normalized spacial score (nSPS) is 12.8. The summed E-state index contributed by atoms with van der Waals surface area (Å²) < 4.78 is 14.7. The van der Waals surface area contributed by atoms with E-state index < -0.39 is 41.6 Å². The molecule has 0 aliphatic carbocycles. The molecule has 2 atom stereocenters. The van der Waals surface area contributed by atoms with Gasteiger partial charge in [-0.3, -0.25) is 9.59 Å². The number of rotatable bonds is 9. The van der Waals surface area contributed by atoms with Gasteiger partial charge in [-0.05, 0) is 34.1 Å². The highest BCUT2D eigenvalue weighted by molar-refractivity contribution is 6.25. The summed E-state index contributed by atoms with van der Waals surface area (Å²) in [6.07, 6.45) is -1.75. The van der Waals surface area contributed by atoms with Crippen LogP contribution in [0.25, 0.3) is 5.53 Å². The van der Waals surface area contributed by atoms with Crippen molar-refractivity contribution < 1.29 is 38.2 Å². The van der Waals surface area contributed by atoms with Gasteiger partial charge in [0.25, 0.3) is 0 Å². The van der Waals surface area contributed by atoms with Crippen LogP contribution >= 0.6 is 0 Å². The van der Waals surface area contributed by atoms with Crippen LogP contribution < -0.4 is 5.32 Å². The molecule has 26 heavy (non-hydrogen) atoms. The number of nitrogens with one attached hydrogen (secondary N) is 1. The van der Waals surface area contributed by atoms with E-state index in [-0.39, 0.29) is 19.4 Å². The fraction of sp³-hybridized carbons (Fsp3) is 0.688. The van der Waals surface area contributed by atoms with Gasteiger partial charge in [0.15, 0.2) is 0 Å². The van der Waals surface area contributed by atoms with Crippen molar-refractivity contribution in [3.63, 3.8) is 0 Å². The lowest BCUT2D eigenvalue weighted by atomic mass is 9.97. The maximum atomic E-state index is 11.9. The molecule has 0 bridgehead atoms. The number of ketones is 1. The third kappa shape index (κ3) is 9.53. The van der Waals surface area contributed by atoms with E-state index in [1.165, 1.54) is 6.92 Å². The Bertz CT molecular complexity index is 577. The molecule has 1 N–H and O–H groups in total. The van der Waals surface area contributed by atoms with E-state index in [0.717, 1.165) is 0 Å². The zero-order chi connectivity index (χ0) is 20.3. The number of carbonyl (C=O) groups excluding carboxylic acids is 4. The fourth-order valence-electron chi connectivity index (χ4n) is 1.59. The summed E-state index contributed by atoms with van der Waals surface area (Å²) in [6, 6.07) is -1.15. The third-order valence-corrected chi connectivity index (χ3v) is 2.90. The van der Waals surface area contributed by atoms with Gasteiger partial charge in [-0.1, -0.05) is 0 Å². The first kappa shape index (κ1) is 23.3. The molecular formula is C16H25N3O7. The summed E-state index contributed by atoms with van der Waals surface area (Å²) in [7, 11) is 0. The van der Waals surface area contributed by atoms with Crippen LogP contribution in [0, 0.1) is 5.41 Å². The Labute approximate surface area is 151 Å². The highest BCUT2D eigenvalue weighted by atomic mass is 16.7. The lowest BCUT2D eigenvalue weighted by Crippen LogP contribution is -2.44. The number of alkyl carbamates (subject to hydrolysis) is 1. The monoisotopic (exact) mass is 371 g/mol. The summed E-state index contributed by atoms with van der Waals surface area (Å²) in [4.78, 5) is 49.4. The number of Topliss-reactive ketones (excluding diaryl/α,β-unsaturated/α-hetero) is 1. The molecule has 0 spiro atoms. The second-order valence-corrected chi connectivity index (χ2v) is 6.33. The standard InChI is InChI=1S/C16H25N3O7/c1-6-24-13(21)12(8-7-11(20)9-18-17)19-15(23)26-10(2)25-14(22)16(3,4)5/h9-10,12H,6-8H2,1-5H3,(H,19,23). The summed E-state index contributed by atoms with van der Waals surface area (Å²) >= 11 is 0. The number of hydrogen-bond donors (Lipinski definition) is 1. The molecule has 0 heterocycles. The summed E-state index contributed by atoms with van der Waals surface area (Å²) in [5.74, 6) is -1.85. The Hall–Kier alpha value is -2.74. The van der Waals surface area contributed by atoms with Crippen LogP contribution in [0.15, 0.2) is 0 Å². The maximum absolute atomic E-state index is 11.9. The van der Waals surface area contributed by atoms with E-state index in [9.17, 15) is 19.2 Å². The summed E-state index contributed by atoms with van der Waals surface area (Å²) in [6.45, 7) is 7.95. The first-order chi connectivity index (χ1) is 12.0. The molecule has 0 radical (unpaired) electrons. The Morgan fingerprint density at radius 3 is 2.31 bits per heavy atom. The van der Waals surface area contributed by atoms with Gasteiger partial charge in [-0.15, -0.1) is 0 Å². The maximum Gasteiger partial charge on any atom is 0.410 e. The fourth-order valence-corrected chi connectivity index (χ4v) is 1.59. The molecule has 0 aliphatic rings. The van der Waals surface area contributed by atoms with E-state index in [0.29, 0.717) is 6.21 Å². The lowest BCUT2D eigenvalue weighted by molar-refractivity contribution is -0.174. The van der Waals surface area contributed by atoms with Gasteiger partial charge in [-0.25, -0.2) is 9.59 Å². The topological polar surface area (TPSA) is 144 Å². The first-order valence-electron chi connectivity index (χ1n) is 8.06. The molecule has 0 saturated carbocycles. The highest BCUT2D eigenvalue weighted by Crippen LogP contribution is 2.16. The summed E-state index contributed by atoms with van der Waals surface area (Å²) in [5, 5.41) is 2.26. The van der Waals surface area contributed by atoms with Gasteiger partial charge in [0.05, 0.1) is 12.0 Å². The average Bonchev–Trinajstić information content (AvgIpc) is 2.50. The second kappa shape index (κ2) is 11.0. The average molecular weight is 371 g/mol. The molecule has 0 aromatic carbocycles. The molecule has 0 aliphatic heterocycles. The van der Waals surface area contributed by atoms with E-state index in [4.69, 9.17) is 19.7 Å². The quantitative estimate of drug-likeness (QED) is 0.211. The van der Waals surface area contributed by atoms with Crippen molar-refractivity contribution in [3.05, 3.63) is 5.53 Å². The van der Waals surface area contributed by atoms with Crippen LogP contribution in [-0.4, -0.2) is 53.8 Å². The minimum atomic E-state index is -1.17. The van der Waals surface area contributed by atoms with Crippen molar-refractivity contribution >= 4 is 30.0 Å². The van der Waals surface area contributed by atoms with E-state index in [1.807, 2.05) is 0 Å². The van der Waals surface area contributed by atoms with E-state index >= 15 is 0 Å². The Kier molecular flexibility index (Phi) is 9.83. The second-order valence-electron chi connectivity index (χ2n) is 6.33. The molecule has 10 heteroatoms. The molecular weight excluding hydrogens is 346 g/mol. The predicted molar refractivity (Wildman–Crippen MR) is 89.0 cm³/mol. The van der Waals surface area contributed by atoms with Gasteiger partial charge in [0.2, 0.25) is 12.1 Å². The van der Waals surface area contributed by atoms with Crippen molar-refractivity contribution in [1.29, 1.82) is 0 Å². The molecule has 0 aromatic heterocycles. The number of carbonyl (C=O) groups is 4. The number of esters is 2. The zero-order valence-electron chi connectivity index (χ0n) is 15.6. The van der Waals surface area contributed by atoms with Crippen molar-refractivity contribution in [1.82, 2.24) is 5.32 Å². The van der Waals surface area contributed by atoms with Gasteiger partial charge in [0, 0.05) is 13.3 Å². The van der Waals surface area contributed by atoms with Crippen LogP contribution in [0.4, 0.5) is 4.79 Å². The molecule has 0 rings (SSSR count). The van der Waals surface area contributed by atoms with E-state index in [2.05, 4.69) is 10.1 Å². The van der Waals surface area contributed by atoms with Crippen molar-refractivity contribution in [3.8, 4) is 0 Å². The molecule has 0 fully saturated rings. The molecule has 0 aromatic rings. The van der Waals surface area contributed by atoms with Gasteiger partial charge >= 0.3 is 24.2 Å². The molecule has 146 valence electrons. The van der Waals surface area contributed by atoms with Gasteiger partial charge in [-0.2, -0.15) is 4.79 Å². The van der Waals surface area contributed by atoms with Crippen LogP contribution in [0.1, 0.15) is 47.5 Å². The largest absolute Gasteiger partial charge is 0.464 e. The van der Waals surface area contributed by atoms with Crippen LogP contribution in [0.3, 0.4) is 0 Å².